The number of thiocarbonyl (C=S) groups is 3. The van der Waals surface area contributed by atoms with Gasteiger partial charge in [-0.05, 0) is 0 Å². The third-order valence-corrected chi connectivity index (χ3v) is 0. The van der Waals surface area contributed by atoms with Crippen LogP contribution in [0.5, 0.6) is 0 Å². The van der Waals surface area contributed by atoms with Crippen LogP contribution >= 0.6 is 36.7 Å². The van der Waals surface area contributed by atoms with Crippen molar-refractivity contribution < 1.29 is 41.3 Å². The summed E-state index contributed by atoms with van der Waals surface area (Å²) in [5.74, 6) is 0. The third-order valence-electron chi connectivity index (χ3n) is 0. The van der Waals surface area contributed by atoms with Gasteiger partial charge >= 0.3 is 41.3 Å². The number of rotatable bonds is 0. The van der Waals surface area contributed by atoms with Gasteiger partial charge in [0.05, 0.1) is 0 Å². The van der Waals surface area contributed by atoms with Gasteiger partial charge in [-0.25, -0.2) is 0 Å². The molecule has 0 amide bonds. The van der Waals surface area contributed by atoms with Crippen LogP contribution in [0.1, 0.15) is 0 Å². The molecule has 0 saturated carbocycles. The maximum Gasteiger partial charge on any atom is 3.00 e. The molecule has 0 aliphatic rings. The fraction of sp³-hybridized carbons (Fsp3) is 0. The molecule has 0 unspecified atom stereocenters. The van der Waals surface area contributed by atoms with Crippen molar-refractivity contribution in [2.75, 3.05) is 0 Å². The third kappa shape index (κ3) is 906. The standard InChI is InChI=1S/3CNS.Pr/c3*2-1-3;/q3*-1;+3. The van der Waals surface area contributed by atoms with Gasteiger partial charge in [0, 0.05) is 0 Å². The van der Waals surface area contributed by atoms with Gasteiger partial charge < -0.3 is 16.2 Å². The zero-order chi connectivity index (χ0) is 8.12. The molecular weight excluding hydrogens is 315 g/mol. The quantitative estimate of drug-likeness (QED) is 0.507. The van der Waals surface area contributed by atoms with E-state index in [9.17, 15) is 0 Å². The van der Waals surface area contributed by atoms with Crippen molar-refractivity contribution in [3.8, 4) is 0 Å². The maximum absolute atomic E-state index is 7.13. The van der Waals surface area contributed by atoms with Crippen LogP contribution in [-0.4, -0.2) is 15.5 Å². The molecule has 0 heterocycles. The van der Waals surface area contributed by atoms with Gasteiger partial charge in [0.1, 0.15) is 0 Å². The molecule has 0 bridgehead atoms. The summed E-state index contributed by atoms with van der Waals surface area (Å²) < 4.78 is 0. The van der Waals surface area contributed by atoms with Crippen LogP contribution in [0, 0.1) is 41.3 Å². The van der Waals surface area contributed by atoms with Gasteiger partial charge in [-0.2, -0.15) is 15.5 Å². The predicted molar refractivity (Wildman–Crippen MR) is 47.9 cm³/mol. The second kappa shape index (κ2) is 52.9. The topological polar surface area (TPSA) is 66.9 Å². The van der Waals surface area contributed by atoms with E-state index in [4.69, 9.17) is 16.2 Å². The summed E-state index contributed by atoms with van der Waals surface area (Å²) in [6.45, 7) is 0. The Bertz CT molecular complexity index is 111. The molecule has 48 valence electrons. The molecule has 0 aliphatic carbocycles. The molecular formula is C3N3PrS3. The van der Waals surface area contributed by atoms with Gasteiger partial charge in [0.15, 0.2) is 0 Å². The summed E-state index contributed by atoms with van der Waals surface area (Å²) in [6, 6.07) is 0. The van der Waals surface area contributed by atoms with E-state index in [1.54, 1.807) is 0 Å². The molecule has 0 rings (SSSR count). The number of hydrogen-bond acceptors (Lipinski definition) is 3. The van der Waals surface area contributed by atoms with Crippen molar-refractivity contribution in [3.63, 3.8) is 0 Å². The fourth-order valence-electron chi connectivity index (χ4n) is 0. The van der Waals surface area contributed by atoms with Gasteiger partial charge in [0.2, 0.25) is 0 Å². The van der Waals surface area contributed by atoms with E-state index < -0.39 is 0 Å². The Labute approximate surface area is 108 Å². The first-order chi connectivity index (χ1) is 4.24. The molecule has 0 N–H and O–H groups in total. The molecule has 3 nitrogen and oxygen atoms in total. The Morgan fingerprint density at radius 3 is 0.700 bits per heavy atom. The molecule has 0 atom stereocenters. The predicted octanol–water partition coefficient (Wildman–Crippen LogP) is 1.98. The van der Waals surface area contributed by atoms with Gasteiger partial charge in [-0.15, -0.1) is 0 Å². The Balaban J connectivity index is -0.0000000257. The van der Waals surface area contributed by atoms with Crippen LogP contribution in [0.15, 0.2) is 0 Å². The monoisotopic (exact) mass is 315 g/mol. The first-order valence-corrected chi connectivity index (χ1v) is 2.51. The summed E-state index contributed by atoms with van der Waals surface area (Å²) in [6.07, 6.45) is 0. The first kappa shape index (κ1) is 22.4. The summed E-state index contributed by atoms with van der Waals surface area (Å²) >= 11 is 11.1. The van der Waals surface area contributed by atoms with Crippen LogP contribution in [0.25, 0.3) is 16.2 Å². The second-order valence-electron chi connectivity index (χ2n) is 0.274. The zero-order valence-electron chi connectivity index (χ0n) is 4.64. The summed E-state index contributed by atoms with van der Waals surface area (Å²) in [7, 11) is 0. The Morgan fingerprint density at radius 2 is 0.700 bits per heavy atom. The van der Waals surface area contributed by atoms with Gasteiger partial charge in [0.25, 0.3) is 0 Å². The van der Waals surface area contributed by atoms with Gasteiger partial charge in [-0.3, -0.25) is 0 Å². The van der Waals surface area contributed by atoms with E-state index in [0.29, 0.717) is 0 Å². The zero-order valence-corrected chi connectivity index (χ0v) is 10.8. The Morgan fingerprint density at radius 1 is 0.700 bits per heavy atom. The van der Waals surface area contributed by atoms with E-state index in [1.807, 2.05) is 0 Å². The van der Waals surface area contributed by atoms with E-state index in [1.165, 1.54) is 15.5 Å². The van der Waals surface area contributed by atoms with Crippen molar-refractivity contribution in [2.24, 2.45) is 0 Å². The first-order valence-electron chi connectivity index (χ1n) is 1.28. The minimum Gasteiger partial charge on any atom is -0.753 e. The number of hydrogen-bond donors (Lipinski definition) is 0. The van der Waals surface area contributed by atoms with E-state index in [-0.39, 0.29) is 41.3 Å². The molecule has 0 aromatic rings. The van der Waals surface area contributed by atoms with Crippen LogP contribution < -0.4 is 0 Å². The average molecular weight is 315 g/mol. The summed E-state index contributed by atoms with van der Waals surface area (Å²) in [5, 5.41) is 25.4. The minimum absolute atomic E-state index is 0. The number of nitrogens with zero attached hydrogens (tertiary/aromatic N) is 3. The molecule has 0 aromatic heterocycles. The minimum atomic E-state index is 0. The smallest absolute Gasteiger partial charge is 0.753 e. The van der Waals surface area contributed by atoms with Crippen molar-refractivity contribution in [1.82, 2.24) is 0 Å². The molecule has 0 saturated heterocycles. The van der Waals surface area contributed by atoms with Crippen molar-refractivity contribution in [3.05, 3.63) is 16.2 Å². The van der Waals surface area contributed by atoms with E-state index >= 15 is 0 Å². The maximum atomic E-state index is 7.13. The largest absolute Gasteiger partial charge is 3.00 e. The van der Waals surface area contributed by atoms with Crippen molar-refractivity contribution in [2.45, 2.75) is 0 Å². The van der Waals surface area contributed by atoms with Crippen LogP contribution in [0.3, 0.4) is 0 Å². The Kier molecular flexibility index (Phi) is 119. The number of isothiocyanates is 3. The Hall–Kier alpha value is 0.764. The molecule has 0 fully saturated rings. The summed E-state index contributed by atoms with van der Waals surface area (Å²) in [5.41, 5.74) is 0. The average Bonchev–Trinajstić information content (AvgIpc) is 1.70. The molecule has 0 aliphatic heterocycles. The normalized spacial score (nSPS) is 2.40. The molecule has 0 spiro atoms. The van der Waals surface area contributed by atoms with Crippen molar-refractivity contribution in [1.29, 1.82) is 0 Å². The van der Waals surface area contributed by atoms with E-state index in [0.717, 1.165) is 0 Å². The fourth-order valence-corrected chi connectivity index (χ4v) is 0. The van der Waals surface area contributed by atoms with Crippen molar-refractivity contribution >= 4 is 52.1 Å². The molecule has 10 heavy (non-hydrogen) atoms. The summed E-state index contributed by atoms with van der Waals surface area (Å²) in [4.78, 5) is 0. The molecule has 0 aromatic carbocycles. The van der Waals surface area contributed by atoms with Crippen LogP contribution in [0.2, 0.25) is 0 Å². The molecule has 7 heteroatoms. The van der Waals surface area contributed by atoms with Gasteiger partial charge in [-0.1, -0.05) is 36.7 Å². The van der Waals surface area contributed by atoms with E-state index in [2.05, 4.69) is 36.7 Å². The van der Waals surface area contributed by atoms with Crippen LogP contribution in [0.4, 0.5) is 0 Å². The SMILES string of the molecule is [N-]=C=S.[N-]=C=S.[N-]=C=S.[Pr+3]. The second-order valence-corrected chi connectivity index (χ2v) is 0.822. The molecule has 0 radical (unpaired) electrons. The van der Waals surface area contributed by atoms with Crippen LogP contribution in [-0.2, 0) is 0 Å².